The number of hydrogen-bond acceptors (Lipinski definition) is 2. The number of rotatable bonds is 3. The van der Waals surface area contributed by atoms with Crippen LogP contribution in [0.25, 0.3) is 11.3 Å². The zero-order valence-corrected chi connectivity index (χ0v) is 10.1. The van der Waals surface area contributed by atoms with Gasteiger partial charge in [0, 0.05) is 12.0 Å². The number of hydrogen-bond donors (Lipinski definition) is 2. The van der Waals surface area contributed by atoms with Crippen LogP contribution in [0, 0.1) is 5.82 Å². The van der Waals surface area contributed by atoms with E-state index in [0.717, 1.165) is 16.0 Å². The molecule has 3 nitrogen and oxygen atoms in total. The Morgan fingerprint density at radius 2 is 2.25 bits per heavy atom. The average Bonchev–Trinajstić information content (AvgIpc) is 2.60. The summed E-state index contributed by atoms with van der Waals surface area (Å²) >= 11 is 3.37. The molecule has 0 aliphatic heterocycles. The fourth-order valence-electron chi connectivity index (χ4n) is 1.48. The quantitative estimate of drug-likeness (QED) is 0.909. The van der Waals surface area contributed by atoms with Gasteiger partial charge in [-0.3, -0.25) is 0 Å². The van der Waals surface area contributed by atoms with Gasteiger partial charge in [0.05, 0.1) is 0 Å². The summed E-state index contributed by atoms with van der Waals surface area (Å²) in [5.41, 5.74) is 6.90. The minimum atomic E-state index is -0.271. The molecule has 2 aromatic rings. The van der Waals surface area contributed by atoms with E-state index in [2.05, 4.69) is 25.9 Å². The van der Waals surface area contributed by atoms with Crippen molar-refractivity contribution in [3.8, 4) is 11.3 Å². The van der Waals surface area contributed by atoms with E-state index in [1.54, 1.807) is 6.07 Å². The van der Waals surface area contributed by atoms with Crippen molar-refractivity contribution in [2.24, 2.45) is 5.73 Å². The highest BCUT2D eigenvalue weighted by atomic mass is 79.9. The Bertz CT molecular complexity index is 496. The van der Waals surface area contributed by atoms with Gasteiger partial charge in [0.1, 0.15) is 21.9 Å². The molecule has 0 bridgehead atoms. The van der Waals surface area contributed by atoms with Crippen LogP contribution in [0.4, 0.5) is 4.39 Å². The molecule has 0 fully saturated rings. The van der Waals surface area contributed by atoms with Crippen LogP contribution in [0.5, 0.6) is 0 Å². The highest BCUT2D eigenvalue weighted by molar-refractivity contribution is 9.10. The first-order chi connectivity index (χ1) is 7.70. The molecule has 1 heterocycles. The summed E-state index contributed by atoms with van der Waals surface area (Å²) < 4.78 is 13.8. The fraction of sp³-hybridized carbons (Fsp3) is 0.182. The maximum Gasteiger partial charge on any atom is 0.123 e. The lowest BCUT2D eigenvalue weighted by atomic mass is 10.2. The monoisotopic (exact) mass is 283 g/mol. The second-order valence-corrected chi connectivity index (χ2v) is 4.19. The minimum Gasteiger partial charge on any atom is -0.336 e. The maximum absolute atomic E-state index is 13.1. The molecule has 0 unspecified atom stereocenters. The van der Waals surface area contributed by atoms with Gasteiger partial charge in [0.15, 0.2) is 0 Å². The Labute approximate surface area is 101 Å². The van der Waals surface area contributed by atoms with Crippen molar-refractivity contribution >= 4 is 15.9 Å². The van der Waals surface area contributed by atoms with Crippen LogP contribution in [0.3, 0.4) is 0 Å². The summed E-state index contributed by atoms with van der Waals surface area (Å²) in [5.74, 6) is 0.529. The number of nitrogens with zero attached hydrogens (tertiary/aromatic N) is 1. The zero-order chi connectivity index (χ0) is 11.5. The third-order valence-corrected chi connectivity index (χ3v) is 2.76. The van der Waals surface area contributed by atoms with Crippen LogP contribution in [0.2, 0.25) is 0 Å². The van der Waals surface area contributed by atoms with E-state index in [1.165, 1.54) is 12.1 Å². The lowest BCUT2D eigenvalue weighted by Crippen LogP contribution is -2.03. The van der Waals surface area contributed by atoms with E-state index in [9.17, 15) is 4.39 Å². The number of H-pyrrole nitrogens is 1. The first-order valence-electron chi connectivity index (χ1n) is 4.91. The third kappa shape index (κ3) is 2.31. The standard InChI is InChI=1S/C11H11BrFN3/c12-11-10(15-9(16-11)4-5-14)7-2-1-3-8(13)6-7/h1-3,6H,4-5,14H2,(H,15,16). The van der Waals surface area contributed by atoms with Crippen molar-refractivity contribution in [2.75, 3.05) is 6.54 Å². The summed E-state index contributed by atoms with van der Waals surface area (Å²) in [6.45, 7) is 0.530. The van der Waals surface area contributed by atoms with Gasteiger partial charge >= 0.3 is 0 Å². The summed E-state index contributed by atoms with van der Waals surface area (Å²) in [5, 5.41) is 0. The number of imidazole rings is 1. The number of benzene rings is 1. The Balaban J connectivity index is 2.40. The number of aromatic nitrogens is 2. The van der Waals surface area contributed by atoms with E-state index in [0.29, 0.717) is 18.7 Å². The summed E-state index contributed by atoms with van der Waals surface area (Å²) in [7, 11) is 0. The smallest absolute Gasteiger partial charge is 0.123 e. The molecule has 0 saturated carbocycles. The second-order valence-electron chi connectivity index (χ2n) is 3.40. The van der Waals surface area contributed by atoms with Crippen LogP contribution in [0.15, 0.2) is 28.9 Å². The molecule has 0 aliphatic carbocycles. The van der Waals surface area contributed by atoms with Gasteiger partial charge < -0.3 is 10.7 Å². The van der Waals surface area contributed by atoms with Crippen LogP contribution in [-0.2, 0) is 6.42 Å². The van der Waals surface area contributed by atoms with Gasteiger partial charge in [-0.1, -0.05) is 12.1 Å². The van der Waals surface area contributed by atoms with Crippen molar-refractivity contribution in [2.45, 2.75) is 6.42 Å². The van der Waals surface area contributed by atoms with Crippen molar-refractivity contribution in [3.05, 3.63) is 40.5 Å². The molecule has 0 saturated heterocycles. The summed E-state index contributed by atoms with van der Waals surface area (Å²) in [4.78, 5) is 7.43. The predicted octanol–water partition coefficient (Wildman–Crippen LogP) is 2.48. The molecule has 84 valence electrons. The van der Waals surface area contributed by atoms with Gasteiger partial charge in [-0.15, -0.1) is 0 Å². The van der Waals surface area contributed by atoms with Crippen LogP contribution in [0.1, 0.15) is 5.82 Å². The fourth-order valence-corrected chi connectivity index (χ4v) is 2.03. The van der Waals surface area contributed by atoms with Gasteiger partial charge in [-0.05, 0) is 34.6 Å². The number of aromatic amines is 1. The average molecular weight is 284 g/mol. The van der Waals surface area contributed by atoms with Gasteiger partial charge in [-0.2, -0.15) is 0 Å². The molecule has 0 atom stereocenters. The van der Waals surface area contributed by atoms with Gasteiger partial charge in [0.2, 0.25) is 0 Å². The van der Waals surface area contributed by atoms with Crippen LogP contribution >= 0.6 is 15.9 Å². The van der Waals surface area contributed by atoms with E-state index in [1.807, 2.05) is 6.07 Å². The highest BCUT2D eigenvalue weighted by Crippen LogP contribution is 2.26. The lowest BCUT2D eigenvalue weighted by molar-refractivity contribution is 0.628. The SMILES string of the molecule is NCCc1nc(-c2cccc(F)c2)c(Br)[nH]1. The van der Waals surface area contributed by atoms with E-state index in [-0.39, 0.29) is 5.82 Å². The molecule has 0 aliphatic rings. The highest BCUT2D eigenvalue weighted by Gasteiger charge is 2.10. The van der Waals surface area contributed by atoms with E-state index in [4.69, 9.17) is 5.73 Å². The van der Waals surface area contributed by atoms with Crippen molar-refractivity contribution in [3.63, 3.8) is 0 Å². The molecule has 16 heavy (non-hydrogen) atoms. The molecule has 1 aromatic carbocycles. The first kappa shape index (κ1) is 11.3. The largest absolute Gasteiger partial charge is 0.336 e. The second kappa shape index (κ2) is 4.76. The molecule has 0 radical (unpaired) electrons. The number of nitrogens with two attached hydrogens (primary N) is 1. The van der Waals surface area contributed by atoms with Crippen LogP contribution in [-0.4, -0.2) is 16.5 Å². The summed E-state index contributed by atoms with van der Waals surface area (Å²) in [6.07, 6.45) is 0.675. The normalized spacial score (nSPS) is 10.7. The molecule has 1 aromatic heterocycles. The van der Waals surface area contributed by atoms with E-state index < -0.39 is 0 Å². The van der Waals surface area contributed by atoms with E-state index >= 15 is 0 Å². The van der Waals surface area contributed by atoms with Gasteiger partial charge in [-0.25, -0.2) is 9.37 Å². The molecular weight excluding hydrogens is 273 g/mol. The number of halogens is 2. The molecule has 0 amide bonds. The molecule has 0 spiro atoms. The van der Waals surface area contributed by atoms with Crippen molar-refractivity contribution in [1.82, 2.24) is 9.97 Å². The third-order valence-electron chi connectivity index (χ3n) is 2.19. The number of nitrogens with one attached hydrogen (secondary N) is 1. The Morgan fingerprint density at radius 1 is 1.44 bits per heavy atom. The lowest BCUT2D eigenvalue weighted by Gasteiger charge is -1.97. The van der Waals surface area contributed by atoms with Crippen molar-refractivity contribution < 1.29 is 4.39 Å². The molecule has 2 rings (SSSR count). The molecular formula is C11H11BrFN3. The van der Waals surface area contributed by atoms with Gasteiger partial charge in [0.25, 0.3) is 0 Å². The molecule has 3 N–H and O–H groups in total. The summed E-state index contributed by atoms with van der Waals surface area (Å²) in [6, 6.07) is 6.34. The zero-order valence-electron chi connectivity index (χ0n) is 8.50. The molecule has 5 heteroatoms. The maximum atomic E-state index is 13.1. The topological polar surface area (TPSA) is 54.7 Å². The Kier molecular flexibility index (Phi) is 3.36. The first-order valence-corrected chi connectivity index (χ1v) is 5.70. The van der Waals surface area contributed by atoms with Crippen LogP contribution < -0.4 is 5.73 Å². The Hall–Kier alpha value is -1.20. The van der Waals surface area contributed by atoms with Crippen molar-refractivity contribution in [1.29, 1.82) is 0 Å². The Morgan fingerprint density at radius 3 is 2.94 bits per heavy atom. The minimum absolute atomic E-state index is 0.271. The predicted molar refractivity (Wildman–Crippen MR) is 64.4 cm³/mol.